The van der Waals surface area contributed by atoms with Crippen molar-refractivity contribution in [3.8, 4) is 0 Å². The number of rotatable bonds is 3. The van der Waals surface area contributed by atoms with Crippen LogP contribution >= 0.6 is 11.6 Å². The molecule has 1 aromatic carbocycles. The molecule has 106 valence electrons. The highest BCUT2D eigenvalue weighted by molar-refractivity contribution is 7.91. The Labute approximate surface area is 117 Å². The second-order valence-electron chi connectivity index (χ2n) is 4.92. The van der Waals surface area contributed by atoms with Gasteiger partial charge in [-0.2, -0.15) is 0 Å². The average molecular weight is 307 g/mol. The van der Waals surface area contributed by atoms with E-state index in [1.54, 1.807) is 6.07 Å². The quantitative estimate of drug-likeness (QED) is 0.893. The van der Waals surface area contributed by atoms with E-state index in [0.29, 0.717) is 18.5 Å². The molecule has 0 saturated carbocycles. The molecule has 1 saturated heterocycles. The summed E-state index contributed by atoms with van der Waals surface area (Å²) in [4.78, 5) is 0. The molecule has 4 nitrogen and oxygen atoms in total. The SMILES string of the molecule is NCC1(Nc2cc(F)cc(Cl)c2)CCS(=O)(=O)CC1. The molecule has 2 rings (SSSR count). The topological polar surface area (TPSA) is 72.2 Å². The van der Waals surface area contributed by atoms with Gasteiger partial charge in [0.2, 0.25) is 0 Å². The van der Waals surface area contributed by atoms with E-state index in [0.717, 1.165) is 0 Å². The van der Waals surface area contributed by atoms with Gasteiger partial charge in [0.15, 0.2) is 9.84 Å². The van der Waals surface area contributed by atoms with E-state index >= 15 is 0 Å². The molecular formula is C12H16ClFN2O2S. The standard InChI is InChI=1S/C12H16ClFN2O2S/c13-9-5-10(14)7-11(6-9)16-12(8-15)1-3-19(17,18)4-2-12/h5-7,16H,1-4,8,15H2. The van der Waals surface area contributed by atoms with Gasteiger partial charge in [0, 0.05) is 17.3 Å². The zero-order valence-electron chi connectivity index (χ0n) is 10.3. The maximum absolute atomic E-state index is 13.3. The Hall–Kier alpha value is -0.850. The van der Waals surface area contributed by atoms with Crippen LogP contribution in [-0.4, -0.2) is 32.0 Å². The van der Waals surface area contributed by atoms with Gasteiger partial charge in [-0.25, -0.2) is 12.8 Å². The number of anilines is 1. The van der Waals surface area contributed by atoms with E-state index in [1.165, 1.54) is 12.1 Å². The molecule has 19 heavy (non-hydrogen) atoms. The second kappa shape index (κ2) is 5.26. The molecule has 0 radical (unpaired) electrons. The van der Waals surface area contributed by atoms with Crippen molar-refractivity contribution < 1.29 is 12.8 Å². The summed E-state index contributed by atoms with van der Waals surface area (Å²) in [5.74, 6) is -0.244. The van der Waals surface area contributed by atoms with E-state index in [1.807, 2.05) is 0 Å². The zero-order chi connectivity index (χ0) is 14.1. The fourth-order valence-electron chi connectivity index (χ4n) is 2.24. The number of sulfone groups is 1. The van der Waals surface area contributed by atoms with Crippen molar-refractivity contribution in [2.45, 2.75) is 18.4 Å². The molecule has 1 aliphatic heterocycles. The van der Waals surface area contributed by atoms with Crippen molar-refractivity contribution >= 4 is 27.1 Å². The Balaban J connectivity index is 2.19. The van der Waals surface area contributed by atoms with E-state index in [2.05, 4.69) is 5.32 Å². The first-order valence-electron chi connectivity index (χ1n) is 5.99. The van der Waals surface area contributed by atoms with Crippen LogP contribution in [0.4, 0.5) is 10.1 Å². The number of hydrogen-bond donors (Lipinski definition) is 2. The Morgan fingerprint density at radius 3 is 2.47 bits per heavy atom. The van der Waals surface area contributed by atoms with Crippen LogP contribution in [0.3, 0.4) is 0 Å². The van der Waals surface area contributed by atoms with Crippen molar-refractivity contribution in [2.75, 3.05) is 23.4 Å². The molecule has 1 aromatic rings. The molecule has 0 unspecified atom stereocenters. The number of nitrogens with two attached hydrogens (primary N) is 1. The number of hydrogen-bond acceptors (Lipinski definition) is 4. The monoisotopic (exact) mass is 306 g/mol. The summed E-state index contributed by atoms with van der Waals surface area (Å²) >= 11 is 5.79. The molecule has 1 heterocycles. The smallest absolute Gasteiger partial charge is 0.150 e. The predicted molar refractivity (Wildman–Crippen MR) is 74.7 cm³/mol. The van der Waals surface area contributed by atoms with Crippen LogP contribution in [0.25, 0.3) is 0 Å². The molecule has 0 amide bonds. The highest BCUT2D eigenvalue weighted by atomic mass is 35.5. The molecule has 0 aromatic heterocycles. The van der Waals surface area contributed by atoms with E-state index < -0.39 is 21.2 Å². The lowest BCUT2D eigenvalue weighted by atomic mass is 9.92. The molecule has 0 atom stereocenters. The van der Waals surface area contributed by atoms with Crippen molar-refractivity contribution in [3.05, 3.63) is 29.0 Å². The van der Waals surface area contributed by atoms with Crippen LogP contribution in [0, 0.1) is 5.82 Å². The summed E-state index contributed by atoms with van der Waals surface area (Å²) in [5, 5.41) is 3.44. The summed E-state index contributed by atoms with van der Waals surface area (Å²) in [6.45, 7) is 0.288. The van der Waals surface area contributed by atoms with Gasteiger partial charge in [-0.3, -0.25) is 0 Å². The highest BCUT2D eigenvalue weighted by Gasteiger charge is 2.36. The Morgan fingerprint density at radius 1 is 1.32 bits per heavy atom. The van der Waals surface area contributed by atoms with Gasteiger partial charge in [0.1, 0.15) is 5.82 Å². The van der Waals surface area contributed by atoms with Crippen LogP contribution in [0.1, 0.15) is 12.8 Å². The maximum atomic E-state index is 13.3. The third-order valence-corrected chi connectivity index (χ3v) is 5.32. The molecule has 0 bridgehead atoms. The zero-order valence-corrected chi connectivity index (χ0v) is 11.9. The van der Waals surface area contributed by atoms with E-state index in [4.69, 9.17) is 17.3 Å². The van der Waals surface area contributed by atoms with Gasteiger partial charge in [0.25, 0.3) is 0 Å². The predicted octanol–water partition coefficient (Wildman–Crippen LogP) is 1.80. The Kier molecular flexibility index (Phi) is 4.03. The first kappa shape index (κ1) is 14.6. The Bertz CT molecular complexity index is 543. The minimum atomic E-state index is -2.97. The maximum Gasteiger partial charge on any atom is 0.150 e. The lowest BCUT2D eigenvalue weighted by molar-refractivity contribution is 0.426. The summed E-state index contributed by atoms with van der Waals surface area (Å²) in [5.41, 5.74) is 5.78. The Morgan fingerprint density at radius 2 is 1.95 bits per heavy atom. The summed E-state index contributed by atoms with van der Waals surface area (Å²) in [7, 11) is -2.97. The van der Waals surface area contributed by atoms with Crippen molar-refractivity contribution in [2.24, 2.45) is 5.73 Å². The van der Waals surface area contributed by atoms with Crippen LogP contribution in [0.15, 0.2) is 18.2 Å². The molecule has 0 spiro atoms. The highest BCUT2D eigenvalue weighted by Crippen LogP contribution is 2.29. The molecule has 3 N–H and O–H groups in total. The third kappa shape index (κ3) is 3.58. The van der Waals surface area contributed by atoms with Gasteiger partial charge in [-0.1, -0.05) is 11.6 Å². The van der Waals surface area contributed by atoms with Crippen molar-refractivity contribution in [3.63, 3.8) is 0 Å². The van der Waals surface area contributed by atoms with Crippen LogP contribution in [0.5, 0.6) is 0 Å². The van der Waals surface area contributed by atoms with Crippen LogP contribution in [0.2, 0.25) is 5.02 Å². The van der Waals surface area contributed by atoms with Crippen molar-refractivity contribution in [1.29, 1.82) is 0 Å². The third-order valence-electron chi connectivity index (χ3n) is 3.45. The van der Waals surface area contributed by atoms with Crippen molar-refractivity contribution in [1.82, 2.24) is 0 Å². The molecule has 1 aliphatic rings. The fraction of sp³-hybridized carbons (Fsp3) is 0.500. The van der Waals surface area contributed by atoms with Crippen LogP contribution < -0.4 is 11.1 Å². The molecule has 7 heteroatoms. The second-order valence-corrected chi connectivity index (χ2v) is 7.66. The number of benzene rings is 1. The summed E-state index contributed by atoms with van der Waals surface area (Å²) < 4.78 is 36.2. The summed E-state index contributed by atoms with van der Waals surface area (Å²) in [6, 6.07) is 4.14. The largest absolute Gasteiger partial charge is 0.378 e. The van der Waals surface area contributed by atoms with E-state index in [9.17, 15) is 12.8 Å². The van der Waals surface area contributed by atoms with Gasteiger partial charge >= 0.3 is 0 Å². The minimum absolute atomic E-state index is 0.0975. The number of nitrogens with one attached hydrogen (secondary N) is 1. The number of halogens is 2. The molecular weight excluding hydrogens is 291 g/mol. The van der Waals surface area contributed by atoms with Gasteiger partial charge in [0.05, 0.1) is 17.0 Å². The minimum Gasteiger partial charge on any atom is -0.378 e. The summed E-state index contributed by atoms with van der Waals surface area (Å²) in [6.07, 6.45) is 0.833. The van der Waals surface area contributed by atoms with Gasteiger partial charge < -0.3 is 11.1 Å². The fourth-order valence-corrected chi connectivity index (χ4v) is 4.07. The first-order chi connectivity index (χ1) is 8.84. The first-order valence-corrected chi connectivity index (χ1v) is 8.19. The van der Waals surface area contributed by atoms with E-state index in [-0.39, 0.29) is 23.1 Å². The normalized spacial score (nSPS) is 21.0. The average Bonchev–Trinajstić information content (AvgIpc) is 2.31. The lowest BCUT2D eigenvalue weighted by Crippen LogP contribution is -2.51. The lowest BCUT2D eigenvalue weighted by Gasteiger charge is -2.37. The molecule has 1 fully saturated rings. The van der Waals surface area contributed by atoms with Gasteiger partial charge in [-0.05, 0) is 31.0 Å². The molecule has 0 aliphatic carbocycles. The van der Waals surface area contributed by atoms with Crippen LogP contribution in [-0.2, 0) is 9.84 Å². The van der Waals surface area contributed by atoms with Gasteiger partial charge in [-0.15, -0.1) is 0 Å².